The second kappa shape index (κ2) is 13.1. The number of rotatable bonds is 8. The summed E-state index contributed by atoms with van der Waals surface area (Å²) in [5.74, 6) is -0.953. The number of amides is 4. The highest BCUT2D eigenvalue weighted by Gasteiger charge is 2.36. The third-order valence-electron chi connectivity index (χ3n) is 6.06. The average Bonchev–Trinajstić information content (AvgIpc) is 3.34. The summed E-state index contributed by atoms with van der Waals surface area (Å²) in [6.45, 7) is 9.56. The fourth-order valence-corrected chi connectivity index (χ4v) is 4.61. The van der Waals surface area contributed by atoms with Gasteiger partial charge in [-0.15, -0.1) is 0 Å². The van der Waals surface area contributed by atoms with E-state index in [9.17, 15) is 19.2 Å². The minimum Gasteiger partial charge on any atom is -0.444 e. The number of ether oxygens (including phenoxy) is 1. The lowest BCUT2D eigenvalue weighted by Gasteiger charge is -2.26. The van der Waals surface area contributed by atoms with Crippen LogP contribution in [0.4, 0.5) is 16.2 Å². The van der Waals surface area contributed by atoms with Gasteiger partial charge in [-0.2, -0.15) is 0 Å². The molecule has 210 valence electrons. The maximum Gasteiger partial charge on any atom is 0.408 e. The van der Waals surface area contributed by atoms with Crippen LogP contribution in [0.1, 0.15) is 64.2 Å². The van der Waals surface area contributed by atoms with Gasteiger partial charge in [-0.1, -0.05) is 41.9 Å². The first kappa shape index (κ1) is 30.1. The molecule has 1 aliphatic rings. The number of likely N-dealkylation sites (tertiary alicyclic amines) is 1. The number of hydrogen-bond acceptors (Lipinski definition) is 5. The van der Waals surface area contributed by atoms with Crippen molar-refractivity contribution in [2.75, 3.05) is 17.2 Å². The molecule has 1 fully saturated rings. The molecule has 3 rings (SSSR count). The Labute approximate surface area is 238 Å². The molecular formula is C29H37BrN4O5. The number of alkyl carbamates (subject to hydrolysis) is 1. The van der Waals surface area contributed by atoms with Crippen LogP contribution in [0.3, 0.4) is 0 Å². The third kappa shape index (κ3) is 8.81. The monoisotopic (exact) mass is 600 g/mol. The lowest BCUT2D eigenvalue weighted by Crippen LogP contribution is -2.47. The standard InChI is InChI=1S/C29H37BrN4O5/c1-18(2)17-23(33-28(38)39-29(3,4)5)25(35)32-22-10-7-6-9-21(22)27(37)34-16-8-11-24(34)26(36)31-20-14-12-19(30)13-15-20/h6-7,9-10,12-15,18,23-24H,8,11,16-17H2,1-5H3,(H,31,36)(H,32,35)(H,33,38)/t23-,24-/m0/s1. The van der Waals surface area contributed by atoms with Crippen molar-refractivity contribution < 1.29 is 23.9 Å². The quantitative estimate of drug-likeness (QED) is 0.366. The van der Waals surface area contributed by atoms with Gasteiger partial charge in [0.15, 0.2) is 0 Å². The summed E-state index contributed by atoms with van der Waals surface area (Å²) in [4.78, 5) is 53.9. The third-order valence-corrected chi connectivity index (χ3v) is 6.59. The number of hydrogen-bond donors (Lipinski definition) is 3. The molecule has 4 amide bonds. The van der Waals surface area contributed by atoms with E-state index in [4.69, 9.17) is 4.74 Å². The normalized spacial score (nSPS) is 16.0. The van der Waals surface area contributed by atoms with Crippen molar-refractivity contribution in [3.63, 3.8) is 0 Å². The van der Waals surface area contributed by atoms with Crippen LogP contribution in [0.15, 0.2) is 53.0 Å². The van der Waals surface area contributed by atoms with Gasteiger partial charge < -0.3 is 25.6 Å². The smallest absolute Gasteiger partial charge is 0.408 e. The van der Waals surface area contributed by atoms with Crippen LogP contribution in [-0.2, 0) is 14.3 Å². The summed E-state index contributed by atoms with van der Waals surface area (Å²) < 4.78 is 6.23. The number of anilines is 2. The maximum atomic E-state index is 13.6. The van der Waals surface area contributed by atoms with Crippen LogP contribution in [0, 0.1) is 5.92 Å². The van der Waals surface area contributed by atoms with Crippen LogP contribution in [0.2, 0.25) is 0 Å². The molecule has 3 N–H and O–H groups in total. The molecule has 0 radical (unpaired) electrons. The Balaban J connectivity index is 1.75. The van der Waals surface area contributed by atoms with Crippen LogP contribution in [0.5, 0.6) is 0 Å². The van der Waals surface area contributed by atoms with E-state index in [0.717, 1.165) is 4.47 Å². The Morgan fingerprint density at radius 2 is 1.69 bits per heavy atom. The highest BCUT2D eigenvalue weighted by Crippen LogP contribution is 2.26. The number of carbonyl (C=O) groups excluding carboxylic acids is 4. The summed E-state index contributed by atoms with van der Waals surface area (Å²) >= 11 is 3.38. The molecule has 2 aromatic rings. The summed E-state index contributed by atoms with van der Waals surface area (Å²) in [6.07, 6.45) is 0.920. The highest BCUT2D eigenvalue weighted by molar-refractivity contribution is 9.10. The molecule has 0 aliphatic carbocycles. The van der Waals surface area contributed by atoms with Crippen molar-refractivity contribution in [1.29, 1.82) is 0 Å². The van der Waals surface area contributed by atoms with E-state index >= 15 is 0 Å². The van der Waals surface area contributed by atoms with Gasteiger partial charge in [-0.05, 0) is 82.3 Å². The van der Waals surface area contributed by atoms with Gasteiger partial charge in [-0.3, -0.25) is 14.4 Å². The van der Waals surface area contributed by atoms with E-state index in [2.05, 4.69) is 31.9 Å². The first-order valence-electron chi connectivity index (χ1n) is 13.1. The predicted octanol–water partition coefficient (Wildman–Crippen LogP) is 5.57. The van der Waals surface area contributed by atoms with E-state index in [1.54, 1.807) is 62.1 Å². The molecule has 2 atom stereocenters. The van der Waals surface area contributed by atoms with Crippen molar-refractivity contribution in [2.45, 2.75) is 71.6 Å². The molecule has 1 heterocycles. The molecule has 1 saturated heterocycles. The first-order chi connectivity index (χ1) is 18.3. The van der Waals surface area contributed by atoms with E-state index in [1.807, 2.05) is 26.0 Å². The molecule has 0 aromatic heterocycles. The largest absolute Gasteiger partial charge is 0.444 e. The molecule has 39 heavy (non-hydrogen) atoms. The van der Waals surface area contributed by atoms with Crippen LogP contribution in [0.25, 0.3) is 0 Å². The van der Waals surface area contributed by atoms with Gasteiger partial charge in [0.2, 0.25) is 11.8 Å². The number of nitrogens with zero attached hydrogens (tertiary/aromatic N) is 1. The molecular weight excluding hydrogens is 564 g/mol. The van der Waals surface area contributed by atoms with E-state index in [1.165, 1.54) is 0 Å². The second-order valence-corrected chi connectivity index (χ2v) is 11.9. The number of para-hydroxylation sites is 1. The molecule has 10 heteroatoms. The fraction of sp³-hybridized carbons (Fsp3) is 0.448. The van der Waals surface area contributed by atoms with Crippen molar-refractivity contribution in [3.8, 4) is 0 Å². The zero-order valence-electron chi connectivity index (χ0n) is 23.0. The van der Waals surface area contributed by atoms with Gasteiger partial charge in [0.05, 0.1) is 11.3 Å². The van der Waals surface area contributed by atoms with Crippen LogP contribution >= 0.6 is 15.9 Å². The fourth-order valence-electron chi connectivity index (χ4n) is 4.35. The Kier molecular flexibility index (Phi) is 10.1. The van der Waals surface area contributed by atoms with E-state index in [-0.39, 0.29) is 23.3 Å². The minimum atomic E-state index is -0.862. The summed E-state index contributed by atoms with van der Waals surface area (Å²) in [5, 5.41) is 8.36. The van der Waals surface area contributed by atoms with Crippen molar-refractivity contribution in [1.82, 2.24) is 10.2 Å². The van der Waals surface area contributed by atoms with Gasteiger partial charge in [0.25, 0.3) is 5.91 Å². The van der Waals surface area contributed by atoms with Crippen molar-refractivity contribution in [3.05, 3.63) is 58.6 Å². The SMILES string of the molecule is CC(C)C[C@H](NC(=O)OC(C)(C)C)C(=O)Nc1ccccc1C(=O)N1CCC[C@H]1C(=O)Nc1ccc(Br)cc1. The Hall–Kier alpha value is -3.40. The van der Waals surface area contributed by atoms with Crippen molar-refractivity contribution >= 4 is 51.1 Å². The Bertz CT molecular complexity index is 1190. The van der Waals surface area contributed by atoms with Gasteiger partial charge in [-0.25, -0.2) is 4.79 Å². The second-order valence-electron chi connectivity index (χ2n) is 11.0. The minimum absolute atomic E-state index is 0.113. The summed E-state index contributed by atoms with van der Waals surface area (Å²) in [6, 6.07) is 12.4. The topological polar surface area (TPSA) is 117 Å². The molecule has 0 saturated carbocycles. The number of carbonyl (C=O) groups is 4. The maximum absolute atomic E-state index is 13.6. The predicted molar refractivity (Wildman–Crippen MR) is 155 cm³/mol. The summed E-state index contributed by atoms with van der Waals surface area (Å²) in [7, 11) is 0. The van der Waals surface area contributed by atoms with E-state index in [0.29, 0.717) is 37.2 Å². The Morgan fingerprint density at radius 3 is 2.33 bits per heavy atom. The molecule has 0 bridgehead atoms. The lowest BCUT2D eigenvalue weighted by molar-refractivity contribution is -0.120. The van der Waals surface area contributed by atoms with Gasteiger partial charge in [0, 0.05) is 16.7 Å². The zero-order chi connectivity index (χ0) is 28.7. The molecule has 9 nitrogen and oxygen atoms in total. The van der Waals surface area contributed by atoms with Crippen molar-refractivity contribution in [2.24, 2.45) is 5.92 Å². The van der Waals surface area contributed by atoms with Gasteiger partial charge in [0.1, 0.15) is 17.7 Å². The Morgan fingerprint density at radius 1 is 1.03 bits per heavy atom. The van der Waals surface area contributed by atoms with Crippen LogP contribution < -0.4 is 16.0 Å². The first-order valence-corrected chi connectivity index (χ1v) is 13.9. The lowest BCUT2D eigenvalue weighted by atomic mass is 10.0. The molecule has 1 aliphatic heterocycles. The molecule has 2 aromatic carbocycles. The van der Waals surface area contributed by atoms with E-state index < -0.39 is 29.7 Å². The summed E-state index contributed by atoms with van der Waals surface area (Å²) in [5.41, 5.74) is 0.516. The number of nitrogens with one attached hydrogen (secondary N) is 3. The number of benzene rings is 2. The number of halogens is 1. The average molecular weight is 602 g/mol. The van der Waals surface area contributed by atoms with Crippen LogP contribution in [-0.4, -0.2) is 52.9 Å². The zero-order valence-corrected chi connectivity index (χ0v) is 24.6. The highest BCUT2D eigenvalue weighted by atomic mass is 79.9. The van der Waals surface area contributed by atoms with Gasteiger partial charge >= 0.3 is 6.09 Å². The molecule has 0 spiro atoms. The molecule has 0 unspecified atom stereocenters.